The Labute approximate surface area is 125 Å². The Morgan fingerprint density at radius 2 is 2.00 bits per heavy atom. The molecule has 3 rings (SSSR count). The first-order valence-corrected chi connectivity index (χ1v) is 7.80. The van der Waals surface area contributed by atoms with E-state index in [0.717, 1.165) is 18.4 Å². The van der Waals surface area contributed by atoms with Crippen LogP contribution in [0.4, 0.5) is 0 Å². The van der Waals surface area contributed by atoms with Gasteiger partial charge in [-0.15, -0.1) is 0 Å². The number of nitrogens with zero attached hydrogens (tertiary/aromatic N) is 1. The number of ether oxygens (including phenoxy) is 1. The Balaban J connectivity index is 1.78. The molecule has 1 aromatic rings. The van der Waals surface area contributed by atoms with Gasteiger partial charge in [-0.25, -0.2) is 4.79 Å². The minimum atomic E-state index is -0.659. The lowest BCUT2D eigenvalue weighted by Crippen LogP contribution is -2.48. The highest BCUT2D eigenvalue weighted by Crippen LogP contribution is 2.27. The number of carbonyl (C=O) groups is 2. The van der Waals surface area contributed by atoms with Crippen LogP contribution in [0.2, 0.25) is 0 Å². The zero-order valence-corrected chi connectivity index (χ0v) is 12.4. The fraction of sp³-hybridized carbons (Fsp3) is 0.529. The Morgan fingerprint density at radius 3 is 2.71 bits per heavy atom. The summed E-state index contributed by atoms with van der Waals surface area (Å²) < 4.78 is 5.39. The van der Waals surface area contributed by atoms with Crippen LogP contribution in [0.5, 0.6) is 0 Å². The van der Waals surface area contributed by atoms with Crippen LogP contribution in [-0.2, 0) is 16.0 Å². The molecule has 0 saturated heterocycles. The second-order valence-corrected chi connectivity index (χ2v) is 5.82. The van der Waals surface area contributed by atoms with E-state index in [9.17, 15) is 9.59 Å². The number of hydrogen-bond donors (Lipinski definition) is 0. The molecule has 2 aliphatic rings. The van der Waals surface area contributed by atoms with Crippen LogP contribution in [0.25, 0.3) is 0 Å². The number of benzene rings is 1. The molecule has 0 aromatic heterocycles. The zero-order chi connectivity index (χ0) is 14.8. The zero-order valence-electron chi connectivity index (χ0n) is 12.4. The van der Waals surface area contributed by atoms with Crippen molar-refractivity contribution in [2.24, 2.45) is 0 Å². The topological polar surface area (TPSA) is 46.6 Å². The van der Waals surface area contributed by atoms with Gasteiger partial charge in [-0.1, -0.05) is 31.0 Å². The summed E-state index contributed by atoms with van der Waals surface area (Å²) in [5.74, 6) is -0.412. The largest absolute Gasteiger partial charge is 0.448 e. The molecule has 0 spiro atoms. The third-order valence-corrected chi connectivity index (χ3v) is 4.56. The molecule has 1 aliphatic heterocycles. The van der Waals surface area contributed by atoms with Crippen LogP contribution in [0, 0.1) is 0 Å². The van der Waals surface area contributed by atoms with E-state index in [4.69, 9.17) is 4.74 Å². The number of carbonyl (C=O) groups excluding carboxylic acids is 2. The van der Waals surface area contributed by atoms with Crippen molar-refractivity contribution in [3.8, 4) is 0 Å². The van der Waals surface area contributed by atoms with E-state index in [1.165, 1.54) is 12.8 Å². The molecule has 4 nitrogen and oxygen atoms in total. The standard InChI is InChI=1S/C17H21NO3/c1-2-18(13-8-4-5-9-13)16(19)15-11-12-7-3-6-10-14(12)17(20)21-15/h3,6-7,10,13,15H,2,4-5,8-9,11H2,1H3. The summed E-state index contributed by atoms with van der Waals surface area (Å²) in [7, 11) is 0. The molecule has 1 aromatic carbocycles. The van der Waals surface area contributed by atoms with E-state index in [1.54, 1.807) is 6.07 Å². The number of cyclic esters (lactones) is 1. The van der Waals surface area contributed by atoms with Gasteiger partial charge < -0.3 is 9.64 Å². The molecular weight excluding hydrogens is 266 g/mol. The van der Waals surface area contributed by atoms with Crippen LogP contribution in [0.15, 0.2) is 24.3 Å². The van der Waals surface area contributed by atoms with E-state index >= 15 is 0 Å². The molecule has 0 bridgehead atoms. The predicted octanol–water partition coefficient (Wildman–Crippen LogP) is 2.56. The molecule has 1 atom stereocenters. The minimum Gasteiger partial charge on any atom is -0.448 e. The molecular formula is C17H21NO3. The van der Waals surface area contributed by atoms with E-state index in [-0.39, 0.29) is 11.9 Å². The minimum absolute atomic E-state index is 0.0350. The van der Waals surface area contributed by atoms with Crippen molar-refractivity contribution in [1.82, 2.24) is 4.90 Å². The van der Waals surface area contributed by atoms with Crippen LogP contribution in [0.3, 0.4) is 0 Å². The summed E-state index contributed by atoms with van der Waals surface area (Å²) in [5, 5.41) is 0. The van der Waals surface area contributed by atoms with Crippen molar-refractivity contribution in [3.63, 3.8) is 0 Å². The second-order valence-electron chi connectivity index (χ2n) is 5.82. The Hall–Kier alpha value is -1.84. The maximum atomic E-state index is 12.7. The number of esters is 1. The van der Waals surface area contributed by atoms with E-state index < -0.39 is 6.10 Å². The lowest BCUT2D eigenvalue weighted by Gasteiger charge is -2.33. The van der Waals surface area contributed by atoms with Crippen LogP contribution in [-0.4, -0.2) is 35.5 Å². The van der Waals surface area contributed by atoms with Gasteiger partial charge in [0.05, 0.1) is 5.56 Å². The molecule has 1 saturated carbocycles. The number of rotatable bonds is 3. The highest BCUT2D eigenvalue weighted by molar-refractivity contribution is 5.95. The normalized spacial score (nSPS) is 21.8. The average molecular weight is 287 g/mol. The molecule has 1 aliphatic carbocycles. The maximum absolute atomic E-state index is 12.7. The first kappa shape index (κ1) is 14.1. The average Bonchev–Trinajstić information content (AvgIpc) is 3.02. The number of likely N-dealkylation sites (N-methyl/N-ethyl adjacent to an activating group) is 1. The third-order valence-electron chi connectivity index (χ3n) is 4.56. The van der Waals surface area contributed by atoms with Gasteiger partial charge in [-0.2, -0.15) is 0 Å². The molecule has 1 unspecified atom stereocenters. The SMILES string of the molecule is CCN(C(=O)C1Cc2ccccc2C(=O)O1)C1CCCC1. The van der Waals surface area contributed by atoms with Gasteiger partial charge in [0.25, 0.3) is 5.91 Å². The number of fused-ring (bicyclic) bond motifs is 1. The first-order valence-electron chi connectivity index (χ1n) is 7.80. The van der Waals surface area contributed by atoms with Crippen molar-refractivity contribution >= 4 is 11.9 Å². The monoisotopic (exact) mass is 287 g/mol. The van der Waals surface area contributed by atoms with Gasteiger partial charge in [0.2, 0.25) is 0 Å². The summed E-state index contributed by atoms with van der Waals surface area (Å²) in [6, 6.07) is 7.69. The van der Waals surface area contributed by atoms with Gasteiger partial charge in [0.1, 0.15) is 0 Å². The van der Waals surface area contributed by atoms with Gasteiger partial charge in [0.15, 0.2) is 6.10 Å². The summed E-state index contributed by atoms with van der Waals surface area (Å²) in [6.07, 6.45) is 4.33. The quantitative estimate of drug-likeness (QED) is 0.803. The van der Waals surface area contributed by atoms with Crippen LogP contribution in [0.1, 0.15) is 48.5 Å². The van der Waals surface area contributed by atoms with Crippen LogP contribution < -0.4 is 0 Å². The Kier molecular flexibility index (Phi) is 3.95. The first-order chi connectivity index (χ1) is 10.2. The van der Waals surface area contributed by atoms with Crippen molar-refractivity contribution in [3.05, 3.63) is 35.4 Å². The number of amides is 1. The summed E-state index contributed by atoms with van der Waals surface area (Å²) in [5.41, 5.74) is 1.50. The van der Waals surface area contributed by atoms with E-state index in [2.05, 4.69) is 0 Å². The Morgan fingerprint density at radius 1 is 1.29 bits per heavy atom. The highest BCUT2D eigenvalue weighted by atomic mass is 16.5. The van der Waals surface area contributed by atoms with Crippen molar-refractivity contribution in [2.45, 2.75) is 51.2 Å². The van der Waals surface area contributed by atoms with Gasteiger partial charge in [-0.05, 0) is 31.4 Å². The summed E-state index contributed by atoms with van der Waals surface area (Å²) in [6.45, 7) is 2.67. The smallest absolute Gasteiger partial charge is 0.339 e. The van der Waals surface area contributed by atoms with Gasteiger partial charge >= 0.3 is 5.97 Å². The molecule has 4 heteroatoms. The number of hydrogen-bond acceptors (Lipinski definition) is 3. The summed E-state index contributed by atoms with van der Waals surface area (Å²) in [4.78, 5) is 26.7. The lowest BCUT2D eigenvalue weighted by atomic mass is 9.97. The fourth-order valence-electron chi connectivity index (χ4n) is 3.46. The van der Waals surface area contributed by atoms with E-state index in [0.29, 0.717) is 24.6 Å². The van der Waals surface area contributed by atoms with Crippen LogP contribution >= 0.6 is 0 Å². The van der Waals surface area contributed by atoms with Crippen molar-refractivity contribution in [1.29, 1.82) is 0 Å². The van der Waals surface area contributed by atoms with Gasteiger partial charge in [0, 0.05) is 19.0 Å². The molecule has 0 radical (unpaired) electrons. The molecule has 1 fully saturated rings. The second kappa shape index (κ2) is 5.88. The van der Waals surface area contributed by atoms with Crippen molar-refractivity contribution < 1.29 is 14.3 Å². The summed E-state index contributed by atoms with van der Waals surface area (Å²) >= 11 is 0. The lowest BCUT2D eigenvalue weighted by molar-refractivity contribution is -0.143. The molecule has 21 heavy (non-hydrogen) atoms. The van der Waals surface area contributed by atoms with Gasteiger partial charge in [-0.3, -0.25) is 4.79 Å². The fourth-order valence-corrected chi connectivity index (χ4v) is 3.46. The van der Waals surface area contributed by atoms with E-state index in [1.807, 2.05) is 30.0 Å². The molecule has 0 N–H and O–H groups in total. The Bertz CT molecular complexity index is 549. The highest BCUT2D eigenvalue weighted by Gasteiger charge is 2.36. The molecule has 1 amide bonds. The van der Waals surface area contributed by atoms with Crippen molar-refractivity contribution in [2.75, 3.05) is 6.54 Å². The maximum Gasteiger partial charge on any atom is 0.339 e. The molecule has 112 valence electrons. The predicted molar refractivity (Wildman–Crippen MR) is 79.0 cm³/mol. The molecule has 1 heterocycles. The third kappa shape index (κ3) is 2.67.